The van der Waals surface area contributed by atoms with Crippen LogP contribution in [0.15, 0.2) is 0 Å². The van der Waals surface area contributed by atoms with E-state index in [9.17, 15) is 5.11 Å². The van der Waals surface area contributed by atoms with Gasteiger partial charge in [0.2, 0.25) is 0 Å². The standard InChI is InChI=1S/C11H25N3O2/c1-2-10(7-12)14-5-3-13(4-6-14)8-11(16)9-15/h10-11,15-16H,2-9,12H2,1H3. The van der Waals surface area contributed by atoms with Gasteiger partial charge in [0.25, 0.3) is 0 Å². The van der Waals surface area contributed by atoms with Gasteiger partial charge in [-0.05, 0) is 6.42 Å². The molecule has 0 spiro atoms. The highest BCUT2D eigenvalue weighted by Crippen LogP contribution is 2.08. The van der Waals surface area contributed by atoms with Crippen molar-refractivity contribution in [2.24, 2.45) is 5.73 Å². The summed E-state index contributed by atoms with van der Waals surface area (Å²) in [6.45, 7) is 7.22. The maximum absolute atomic E-state index is 9.35. The number of aliphatic hydroxyl groups excluding tert-OH is 2. The van der Waals surface area contributed by atoms with E-state index in [1.165, 1.54) is 0 Å². The molecular formula is C11H25N3O2. The molecule has 96 valence electrons. The molecule has 0 bridgehead atoms. The Morgan fingerprint density at radius 1 is 1.25 bits per heavy atom. The second-order valence-corrected chi connectivity index (χ2v) is 4.47. The summed E-state index contributed by atoms with van der Waals surface area (Å²) in [5.41, 5.74) is 5.72. The van der Waals surface area contributed by atoms with E-state index in [0.29, 0.717) is 12.6 Å². The van der Waals surface area contributed by atoms with Gasteiger partial charge in [-0.3, -0.25) is 9.80 Å². The van der Waals surface area contributed by atoms with E-state index < -0.39 is 6.10 Å². The largest absolute Gasteiger partial charge is 0.394 e. The first-order valence-corrected chi connectivity index (χ1v) is 6.16. The van der Waals surface area contributed by atoms with Crippen LogP contribution in [0.25, 0.3) is 0 Å². The Labute approximate surface area is 97.8 Å². The predicted molar refractivity (Wildman–Crippen MR) is 64.2 cm³/mol. The van der Waals surface area contributed by atoms with E-state index in [1.54, 1.807) is 0 Å². The minimum Gasteiger partial charge on any atom is -0.394 e. The summed E-state index contributed by atoms with van der Waals surface area (Å²) in [7, 11) is 0. The molecule has 0 aromatic heterocycles. The molecule has 0 aromatic rings. The van der Waals surface area contributed by atoms with Crippen LogP contribution in [-0.4, -0.2) is 78.0 Å². The third-order valence-electron chi connectivity index (χ3n) is 3.35. The summed E-state index contributed by atoms with van der Waals surface area (Å²) >= 11 is 0. The fraction of sp³-hybridized carbons (Fsp3) is 1.00. The summed E-state index contributed by atoms with van der Waals surface area (Å²) in [4.78, 5) is 4.61. The van der Waals surface area contributed by atoms with Crippen molar-refractivity contribution in [3.8, 4) is 0 Å². The van der Waals surface area contributed by atoms with Gasteiger partial charge in [0.1, 0.15) is 0 Å². The third-order valence-corrected chi connectivity index (χ3v) is 3.35. The van der Waals surface area contributed by atoms with Crippen molar-refractivity contribution < 1.29 is 10.2 Å². The number of hydrogen-bond donors (Lipinski definition) is 3. The molecule has 0 radical (unpaired) electrons. The number of hydrogen-bond acceptors (Lipinski definition) is 5. The molecule has 0 amide bonds. The smallest absolute Gasteiger partial charge is 0.0897 e. The Morgan fingerprint density at radius 3 is 2.31 bits per heavy atom. The Bertz CT molecular complexity index is 180. The highest BCUT2D eigenvalue weighted by atomic mass is 16.3. The fourth-order valence-electron chi connectivity index (χ4n) is 2.24. The summed E-state index contributed by atoms with van der Waals surface area (Å²) in [5.74, 6) is 0. The zero-order valence-corrected chi connectivity index (χ0v) is 10.2. The molecule has 1 aliphatic rings. The lowest BCUT2D eigenvalue weighted by molar-refractivity contribution is 0.0314. The summed E-state index contributed by atoms with van der Waals surface area (Å²) < 4.78 is 0. The van der Waals surface area contributed by atoms with Crippen molar-refractivity contribution in [2.45, 2.75) is 25.5 Å². The third kappa shape index (κ3) is 3.99. The van der Waals surface area contributed by atoms with Crippen molar-refractivity contribution in [2.75, 3.05) is 45.9 Å². The molecule has 5 nitrogen and oxygen atoms in total. The Kier molecular flexibility index (Phi) is 6.23. The second kappa shape index (κ2) is 7.19. The zero-order valence-electron chi connectivity index (χ0n) is 10.2. The minimum absolute atomic E-state index is 0.152. The van der Waals surface area contributed by atoms with Crippen LogP contribution in [0.2, 0.25) is 0 Å². The lowest BCUT2D eigenvalue weighted by Gasteiger charge is -2.39. The highest BCUT2D eigenvalue weighted by Gasteiger charge is 2.22. The molecule has 1 aliphatic heterocycles. The molecule has 1 saturated heterocycles. The number of piperazine rings is 1. The number of nitrogens with zero attached hydrogens (tertiary/aromatic N) is 2. The lowest BCUT2D eigenvalue weighted by atomic mass is 10.1. The highest BCUT2D eigenvalue weighted by molar-refractivity contribution is 4.79. The zero-order chi connectivity index (χ0) is 12.0. The van der Waals surface area contributed by atoms with Gasteiger partial charge >= 0.3 is 0 Å². The molecule has 5 heteroatoms. The topological polar surface area (TPSA) is 73.0 Å². The van der Waals surface area contributed by atoms with E-state index in [1.807, 2.05) is 0 Å². The molecule has 0 aromatic carbocycles. The Balaban J connectivity index is 2.27. The number of aliphatic hydroxyl groups is 2. The van der Waals surface area contributed by atoms with Crippen LogP contribution in [0.4, 0.5) is 0 Å². The van der Waals surface area contributed by atoms with E-state index >= 15 is 0 Å². The van der Waals surface area contributed by atoms with Gasteiger partial charge in [-0.15, -0.1) is 0 Å². The van der Waals surface area contributed by atoms with Crippen LogP contribution in [-0.2, 0) is 0 Å². The van der Waals surface area contributed by atoms with Crippen LogP contribution in [0, 0.1) is 0 Å². The minimum atomic E-state index is -0.608. The van der Waals surface area contributed by atoms with Gasteiger partial charge in [0.15, 0.2) is 0 Å². The van der Waals surface area contributed by atoms with E-state index in [0.717, 1.165) is 39.1 Å². The molecule has 0 saturated carbocycles. The van der Waals surface area contributed by atoms with Gasteiger partial charge < -0.3 is 15.9 Å². The lowest BCUT2D eigenvalue weighted by Crippen LogP contribution is -2.53. The molecule has 16 heavy (non-hydrogen) atoms. The maximum Gasteiger partial charge on any atom is 0.0897 e. The van der Waals surface area contributed by atoms with Crippen molar-refractivity contribution >= 4 is 0 Å². The van der Waals surface area contributed by atoms with Gasteiger partial charge in [-0.1, -0.05) is 6.92 Å². The first-order chi connectivity index (χ1) is 7.71. The molecule has 2 atom stereocenters. The van der Waals surface area contributed by atoms with Crippen molar-refractivity contribution in [1.29, 1.82) is 0 Å². The summed E-state index contributed by atoms with van der Waals surface area (Å²) in [6.07, 6.45) is 0.485. The molecule has 4 N–H and O–H groups in total. The molecule has 0 aliphatic carbocycles. The molecule has 1 heterocycles. The summed E-state index contributed by atoms with van der Waals surface area (Å²) in [5, 5.41) is 18.1. The van der Waals surface area contributed by atoms with Crippen molar-refractivity contribution in [1.82, 2.24) is 9.80 Å². The van der Waals surface area contributed by atoms with Gasteiger partial charge in [-0.25, -0.2) is 0 Å². The average molecular weight is 231 g/mol. The number of β-amino-alcohol motifs (C(OH)–C–C–N with tert-alkyl or cyclic N) is 1. The predicted octanol–water partition coefficient (Wildman–Crippen LogP) is -1.31. The number of nitrogens with two attached hydrogens (primary N) is 1. The Hall–Kier alpha value is -0.200. The normalized spacial score (nSPS) is 23.2. The van der Waals surface area contributed by atoms with Crippen molar-refractivity contribution in [3.63, 3.8) is 0 Å². The Morgan fingerprint density at radius 2 is 1.88 bits per heavy atom. The van der Waals surface area contributed by atoms with Crippen molar-refractivity contribution in [3.05, 3.63) is 0 Å². The number of rotatable bonds is 6. The van der Waals surface area contributed by atoms with E-state index in [-0.39, 0.29) is 6.61 Å². The fourth-order valence-corrected chi connectivity index (χ4v) is 2.24. The van der Waals surface area contributed by atoms with Crippen LogP contribution in [0.3, 0.4) is 0 Å². The quantitative estimate of drug-likeness (QED) is 0.530. The maximum atomic E-state index is 9.35. The van der Waals surface area contributed by atoms with Gasteiger partial charge in [0, 0.05) is 45.3 Å². The monoisotopic (exact) mass is 231 g/mol. The SMILES string of the molecule is CCC(CN)N1CCN(CC(O)CO)CC1. The first kappa shape index (κ1) is 13.9. The summed E-state index contributed by atoms with van der Waals surface area (Å²) in [6, 6.07) is 0.491. The molecule has 1 rings (SSSR count). The van der Waals surface area contributed by atoms with Crippen LogP contribution >= 0.6 is 0 Å². The van der Waals surface area contributed by atoms with Gasteiger partial charge in [-0.2, -0.15) is 0 Å². The molecule has 1 fully saturated rings. The van der Waals surface area contributed by atoms with E-state index in [4.69, 9.17) is 10.8 Å². The van der Waals surface area contributed by atoms with E-state index in [2.05, 4.69) is 16.7 Å². The first-order valence-electron chi connectivity index (χ1n) is 6.16. The van der Waals surface area contributed by atoms with Gasteiger partial charge in [0.05, 0.1) is 12.7 Å². The second-order valence-electron chi connectivity index (χ2n) is 4.47. The molecule has 2 unspecified atom stereocenters. The van der Waals surface area contributed by atoms with Crippen LogP contribution in [0.1, 0.15) is 13.3 Å². The van der Waals surface area contributed by atoms with Crippen LogP contribution in [0.5, 0.6) is 0 Å². The average Bonchev–Trinajstić information content (AvgIpc) is 2.32. The molecular weight excluding hydrogens is 206 g/mol. The van der Waals surface area contributed by atoms with Crippen LogP contribution < -0.4 is 5.73 Å².